The van der Waals surface area contributed by atoms with E-state index in [-0.39, 0.29) is 17.3 Å². The molecule has 2 aliphatic rings. The largest absolute Gasteiger partial charge is 0.480 e. The van der Waals surface area contributed by atoms with Crippen LogP contribution in [0.5, 0.6) is 0 Å². The minimum Gasteiger partial charge on any atom is -0.480 e. The molecule has 0 saturated carbocycles. The number of nitrogens with zero attached hydrogens (tertiary/aromatic N) is 1. The number of hydrogen-bond acceptors (Lipinski definition) is 4. The molecule has 2 N–H and O–H groups in total. The fourth-order valence-corrected chi connectivity index (χ4v) is 3.79. The fourth-order valence-electron chi connectivity index (χ4n) is 2.44. The zero-order valence-corrected chi connectivity index (χ0v) is 10.7. The van der Waals surface area contributed by atoms with Crippen LogP contribution in [0.4, 0.5) is 0 Å². The van der Waals surface area contributed by atoms with E-state index in [9.17, 15) is 9.59 Å². The smallest absolute Gasteiger partial charge is 0.327 e. The van der Waals surface area contributed by atoms with E-state index in [0.717, 1.165) is 25.8 Å². The summed E-state index contributed by atoms with van der Waals surface area (Å²) in [6.07, 6.45) is 2.61. The highest BCUT2D eigenvalue weighted by molar-refractivity contribution is 8.00. The molecule has 0 radical (unpaired) electrons. The van der Waals surface area contributed by atoms with Gasteiger partial charge in [-0.1, -0.05) is 6.92 Å². The molecule has 0 aromatic rings. The Balaban J connectivity index is 2.12. The number of carbonyl (C=O) groups is 2. The first-order valence-electron chi connectivity index (χ1n) is 6.05. The van der Waals surface area contributed by atoms with Crippen LogP contribution in [0.25, 0.3) is 0 Å². The average molecular weight is 258 g/mol. The number of rotatable bonds is 3. The first kappa shape index (κ1) is 12.7. The van der Waals surface area contributed by atoms with Crippen LogP contribution < -0.4 is 5.32 Å². The Hall–Kier alpha value is -0.750. The van der Waals surface area contributed by atoms with Crippen molar-refractivity contribution in [1.82, 2.24) is 10.2 Å². The molecule has 6 heteroatoms. The number of thioether (sulfide) groups is 1. The second-order valence-electron chi connectivity index (χ2n) is 4.44. The molecule has 3 atom stereocenters. The molecule has 2 fully saturated rings. The lowest BCUT2D eigenvalue weighted by Gasteiger charge is -2.29. The van der Waals surface area contributed by atoms with Gasteiger partial charge in [0.05, 0.1) is 11.4 Å². The minimum atomic E-state index is -0.889. The molecule has 2 rings (SSSR count). The summed E-state index contributed by atoms with van der Waals surface area (Å²) < 4.78 is 0. The van der Waals surface area contributed by atoms with Crippen molar-refractivity contribution in [3.63, 3.8) is 0 Å². The molecule has 0 aliphatic carbocycles. The first-order chi connectivity index (χ1) is 8.15. The summed E-state index contributed by atoms with van der Waals surface area (Å²) in [7, 11) is 0. The van der Waals surface area contributed by atoms with E-state index in [1.807, 2.05) is 6.92 Å². The molecule has 2 heterocycles. The molecule has 0 spiro atoms. The molecule has 2 aliphatic heterocycles. The average Bonchev–Trinajstić information content (AvgIpc) is 2.96. The topological polar surface area (TPSA) is 69.6 Å². The monoisotopic (exact) mass is 258 g/mol. The van der Waals surface area contributed by atoms with Gasteiger partial charge in [-0.05, 0) is 25.8 Å². The van der Waals surface area contributed by atoms with E-state index in [0.29, 0.717) is 5.75 Å². The highest BCUT2D eigenvalue weighted by Crippen LogP contribution is 2.32. The van der Waals surface area contributed by atoms with Crippen LogP contribution in [0.1, 0.15) is 26.2 Å². The third kappa shape index (κ3) is 2.42. The summed E-state index contributed by atoms with van der Waals surface area (Å²) in [5.74, 6) is -0.418. The van der Waals surface area contributed by atoms with E-state index in [2.05, 4.69) is 5.32 Å². The Kier molecular flexibility index (Phi) is 3.93. The van der Waals surface area contributed by atoms with Crippen LogP contribution in [0.15, 0.2) is 0 Å². The van der Waals surface area contributed by atoms with E-state index in [1.165, 1.54) is 0 Å². The van der Waals surface area contributed by atoms with Crippen molar-refractivity contribution < 1.29 is 14.7 Å². The van der Waals surface area contributed by atoms with Gasteiger partial charge in [0.25, 0.3) is 0 Å². The lowest BCUT2D eigenvalue weighted by Crippen LogP contribution is -2.51. The third-order valence-corrected chi connectivity index (χ3v) is 4.79. The molecule has 96 valence electrons. The second kappa shape index (κ2) is 5.27. The van der Waals surface area contributed by atoms with Crippen LogP contribution in [0.2, 0.25) is 0 Å². The summed E-state index contributed by atoms with van der Waals surface area (Å²) in [6, 6.07) is -0.829. The molecule has 3 unspecified atom stereocenters. The quantitative estimate of drug-likeness (QED) is 0.771. The Labute approximate surface area is 105 Å². The third-order valence-electron chi connectivity index (χ3n) is 3.34. The maximum Gasteiger partial charge on any atom is 0.327 e. The predicted molar refractivity (Wildman–Crippen MR) is 65.8 cm³/mol. The summed E-state index contributed by atoms with van der Waals surface area (Å²) in [4.78, 5) is 25.1. The summed E-state index contributed by atoms with van der Waals surface area (Å²) >= 11 is 1.57. The van der Waals surface area contributed by atoms with Gasteiger partial charge in [-0.15, -0.1) is 11.8 Å². The van der Waals surface area contributed by atoms with Gasteiger partial charge < -0.3 is 15.3 Å². The van der Waals surface area contributed by atoms with Crippen LogP contribution in [0.3, 0.4) is 0 Å². The van der Waals surface area contributed by atoms with Crippen LogP contribution in [0, 0.1) is 0 Å². The SMILES string of the molecule is CCC1SCC(C(=O)O)N1C(=O)C1CCCN1. The van der Waals surface area contributed by atoms with Gasteiger partial charge in [-0.3, -0.25) is 4.79 Å². The zero-order valence-electron chi connectivity index (χ0n) is 9.89. The van der Waals surface area contributed by atoms with Gasteiger partial charge in [0.15, 0.2) is 0 Å². The predicted octanol–water partition coefficient (Wildman–Crippen LogP) is 0.503. The Morgan fingerprint density at radius 1 is 1.53 bits per heavy atom. The van der Waals surface area contributed by atoms with Crippen molar-refractivity contribution in [2.45, 2.75) is 43.6 Å². The van der Waals surface area contributed by atoms with Gasteiger partial charge in [-0.25, -0.2) is 4.79 Å². The standard InChI is InChI=1S/C11H18N2O3S/c1-2-9-13(8(6-17-9)11(15)16)10(14)7-4-3-5-12-7/h7-9,12H,2-6H2,1H3,(H,15,16). The number of nitrogens with one attached hydrogen (secondary N) is 1. The molecular formula is C11H18N2O3S. The zero-order chi connectivity index (χ0) is 12.4. The summed E-state index contributed by atoms with van der Waals surface area (Å²) in [6.45, 7) is 2.84. The lowest BCUT2D eigenvalue weighted by molar-refractivity contribution is -0.149. The Morgan fingerprint density at radius 2 is 2.29 bits per heavy atom. The van der Waals surface area contributed by atoms with Crippen LogP contribution in [-0.4, -0.2) is 51.6 Å². The molecule has 2 saturated heterocycles. The van der Waals surface area contributed by atoms with E-state index >= 15 is 0 Å². The molecule has 0 aromatic heterocycles. The van der Waals surface area contributed by atoms with Gasteiger partial charge >= 0.3 is 5.97 Å². The van der Waals surface area contributed by atoms with Crippen LogP contribution in [-0.2, 0) is 9.59 Å². The Bertz CT molecular complexity index is 318. The molecule has 0 aromatic carbocycles. The maximum absolute atomic E-state index is 12.3. The van der Waals surface area contributed by atoms with Gasteiger partial charge in [0.1, 0.15) is 6.04 Å². The van der Waals surface area contributed by atoms with E-state index < -0.39 is 12.0 Å². The summed E-state index contributed by atoms with van der Waals surface area (Å²) in [5, 5.41) is 12.3. The van der Waals surface area contributed by atoms with Crippen molar-refractivity contribution in [1.29, 1.82) is 0 Å². The van der Waals surface area contributed by atoms with Crippen molar-refractivity contribution in [2.75, 3.05) is 12.3 Å². The number of aliphatic carboxylic acids is 1. The number of carboxylic acid groups (broad SMARTS) is 1. The Morgan fingerprint density at radius 3 is 2.82 bits per heavy atom. The number of hydrogen-bond donors (Lipinski definition) is 2. The van der Waals surface area contributed by atoms with E-state index in [4.69, 9.17) is 5.11 Å². The highest BCUT2D eigenvalue weighted by atomic mass is 32.2. The number of carbonyl (C=O) groups excluding carboxylic acids is 1. The molecule has 17 heavy (non-hydrogen) atoms. The maximum atomic E-state index is 12.3. The van der Waals surface area contributed by atoms with Gasteiger partial charge in [0, 0.05) is 5.75 Å². The second-order valence-corrected chi connectivity index (χ2v) is 5.66. The fraction of sp³-hybridized carbons (Fsp3) is 0.818. The van der Waals surface area contributed by atoms with Crippen molar-refractivity contribution in [3.8, 4) is 0 Å². The highest BCUT2D eigenvalue weighted by Gasteiger charge is 2.43. The lowest BCUT2D eigenvalue weighted by atomic mass is 10.1. The van der Waals surface area contributed by atoms with E-state index in [1.54, 1.807) is 16.7 Å². The number of amides is 1. The minimum absolute atomic E-state index is 0.0194. The van der Waals surface area contributed by atoms with Crippen molar-refractivity contribution in [2.24, 2.45) is 0 Å². The van der Waals surface area contributed by atoms with Gasteiger partial charge in [-0.2, -0.15) is 0 Å². The normalized spacial score (nSPS) is 33.0. The van der Waals surface area contributed by atoms with Crippen molar-refractivity contribution in [3.05, 3.63) is 0 Å². The molecule has 1 amide bonds. The molecular weight excluding hydrogens is 240 g/mol. The number of carboxylic acids is 1. The first-order valence-corrected chi connectivity index (χ1v) is 7.10. The molecule has 0 bridgehead atoms. The van der Waals surface area contributed by atoms with Crippen molar-refractivity contribution >= 4 is 23.6 Å². The van der Waals surface area contributed by atoms with Gasteiger partial charge in [0.2, 0.25) is 5.91 Å². The molecule has 5 nitrogen and oxygen atoms in total. The van der Waals surface area contributed by atoms with Crippen LogP contribution >= 0.6 is 11.8 Å². The summed E-state index contributed by atoms with van der Waals surface area (Å²) in [5.41, 5.74) is 0.